The van der Waals surface area contributed by atoms with Gasteiger partial charge in [0.05, 0.1) is 16.4 Å². The van der Waals surface area contributed by atoms with E-state index < -0.39 is 0 Å². The van der Waals surface area contributed by atoms with Crippen molar-refractivity contribution in [3.8, 4) is 0 Å². The quantitative estimate of drug-likeness (QED) is 0.928. The molecule has 2 heterocycles. The van der Waals surface area contributed by atoms with Gasteiger partial charge in [0.1, 0.15) is 0 Å². The monoisotopic (exact) mass is 312 g/mol. The molecule has 21 heavy (non-hydrogen) atoms. The van der Waals surface area contributed by atoms with Gasteiger partial charge >= 0.3 is 0 Å². The summed E-state index contributed by atoms with van der Waals surface area (Å²) in [7, 11) is 2.00. The lowest BCUT2D eigenvalue weighted by Gasteiger charge is -2.30. The van der Waals surface area contributed by atoms with Crippen molar-refractivity contribution in [1.82, 2.24) is 20.0 Å². The minimum Gasteiger partial charge on any atom is -0.312 e. The van der Waals surface area contributed by atoms with Crippen molar-refractivity contribution in [1.29, 1.82) is 0 Å². The van der Waals surface area contributed by atoms with Crippen LogP contribution in [0.15, 0.2) is 0 Å². The maximum atomic E-state index is 6.51. The lowest BCUT2D eigenvalue weighted by molar-refractivity contribution is 0.180. The summed E-state index contributed by atoms with van der Waals surface area (Å²) in [6, 6.07) is 1.12. The molecule has 120 valence electrons. The van der Waals surface area contributed by atoms with Gasteiger partial charge < -0.3 is 5.32 Å². The molecule has 1 aliphatic rings. The summed E-state index contributed by atoms with van der Waals surface area (Å²) in [5.41, 5.74) is 2.15. The number of nitrogens with one attached hydrogen (secondary N) is 1. The zero-order chi connectivity index (χ0) is 15.6. The Morgan fingerprint density at radius 3 is 2.71 bits per heavy atom. The Labute approximate surface area is 133 Å². The Hall–Kier alpha value is -0.580. The number of rotatable bonds is 4. The molecular weight excluding hydrogens is 284 g/mol. The van der Waals surface area contributed by atoms with Crippen LogP contribution in [-0.2, 0) is 20.0 Å². The van der Waals surface area contributed by atoms with Crippen LogP contribution in [0, 0.1) is 5.92 Å². The normalized spacial score (nSPS) is 24.5. The molecule has 1 saturated heterocycles. The molecule has 1 fully saturated rings. The van der Waals surface area contributed by atoms with E-state index in [1.807, 2.05) is 11.7 Å². The van der Waals surface area contributed by atoms with Gasteiger partial charge in [0, 0.05) is 32.2 Å². The Balaban J connectivity index is 2.17. The molecule has 0 aliphatic carbocycles. The number of aryl methyl sites for hydroxylation is 2. The predicted molar refractivity (Wildman–Crippen MR) is 88.7 cm³/mol. The predicted octanol–water partition coefficient (Wildman–Crippen LogP) is 2.84. The molecular formula is C16H29ClN4. The van der Waals surface area contributed by atoms with Crippen molar-refractivity contribution in [2.75, 3.05) is 13.1 Å². The molecule has 2 rings (SSSR count). The summed E-state index contributed by atoms with van der Waals surface area (Å²) in [6.07, 6.45) is 2.07. The molecule has 0 amide bonds. The average molecular weight is 313 g/mol. The summed E-state index contributed by atoms with van der Waals surface area (Å²) in [5, 5.41) is 9.07. The standard InChI is InChI=1S/C16H29ClN4/c1-6-13-16(17)15(20(5)19-13)10-21-9-14(11(2)3)18-8-7-12(21)4/h11-12,14,18H,6-10H2,1-5H3. The highest BCUT2D eigenvalue weighted by atomic mass is 35.5. The zero-order valence-corrected chi connectivity index (χ0v) is 14.7. The largest absolute Gasteiger partial charge is 0.312 e. The second-order valence-corrected chi connectivity index (χ2v) is 6.93. The summed E-state index contributed by atoms with van der Waals surface area (Å²) in [5.74, 6) is 0.644. The third-order valence-electron chi connectivity index (χ3n) is 4.68. The highest BCUT2D eigenvalue weighted by molar-refractivity contribution is 6.31. The molecule has 0 saturated carbocycles. The van der Waals surface area contributed by atoms with E-state index in [9.17, 15) is 0 Å². The van der Waals surface area contributed by atoms with E-state index in [2.05, 4.69) is 43.0 Å². The molecule has 0 radical (unpaired) electrons. The first-order valence-electron chi connectivity index (χ1n) is 8.11. The molecule has 0 bridgehead atoms. The first kappa shape index (κ1) is 16.8. The lowest BCUT2D eigenvalue weighted by Crippen LogP contribution is -2.42. The fourth-order valence-corrected chi connectivity index (χ4v) is 3.36. The van der Waals surface area contributed by atoms with Crippen molar-refractivity contribution < 1.29 is 0 Å². The fourth-order valence-electron chi connectivity index (χ4n) is 3.01. The van der Waals surface area contributed by atoms with E-state index in [1.54, 1.807) is 0 Å². The summed E-state index contributed by atoms with van der Waals surface area (Å²) >= 11 is 6.51. The number of hydrogen-bond donors (Lipinski definition) is 1. The molecule has 2 atom stereocenters. The van der Waals surface area contributed by atoms with E-state index in [4.69, 9.17) is 11.6 Å². The van der Waals surface area contributed by atoms with Gasteiger partial charge in [0.2, 0.25) is 0 Å². The molecule has 5 heteroatoms. The van der Waals surface area contributed by atoms with Gasteiger partial charge in [0.25, 0.3) is 0 Å². The van der Waals surface area contributed by atoms with Gasteiger partial charge in [-0.25, -0.2) is 0 Å². The Kier molecular flexibility index (Phi) is 5.69. The van der Waals surface area contributed by atoms with Crippen LogP contribution in [-0.4, -0.2) is 39.9 Å². The first-order valence-corrected chi connectivity index (χ1v) is 8.49. The molecule has 2 unspecified atom stereocenters. The number of aromatic nitrogens is 2. The van der Waals surface area contributed by atoms with Gasteiger partial charge in [-0.05, 0) is 32.2 Å². The van der Waals surface area contributed by atoms with Crippen LogP contribution in [0.4, 0.5) is 0 Å². The molecule has 0 aromatic carbocycles. The van der Waals surface area contributed by atoms with Gasteiger partial charge in [-0.1, -0.05) is 32.4 Å². The van der Waals surface area contributed by atoms with Crippen molar-refractivity contribution in [2.24, 2.45) is 13.0 Å². The third-order valence-corrected chi connectivity index (χ3v) is 5.12. The minimum atomic E-state index is 0.549. The van der Waals surface area contributed by atoms with E-state index >= 15 is 0 Å². The van der Waals surface area contributed by atoms with Gasteiger partial charge in [-0.2, -0.15) is 5.10 Å². The topological polar surface area (TPSA) is 33.1 Å². The van der Waals surface area contributed by atoms with Crippen LogP contribution in [0.2, 0.25) is 5.02 Å². The first-order chi connectivity index (χ1) is 9.93. The lowest BCUT2D eigenvalue weighted by atomic mass is 10.0. The minimum absolute atomic E-state index is 0.549. The summed E-state index contributed by atoms with van der Waals surface area (Å²) in [6.45, 7) is 12.0. The molecule has 1 N–H and O–H groups in total. The maximum Gasteiger partial charge on any atom is 0.0863 e. The van der Waals surface area contributed by atoms with E-state index in [0.717, 1.165) is 42.5 Å². The summed E-state index contributed by atoms with van der Waals surface area (Å²) < 4.78 is 1.95. The van der Waals surface area contributed by atoms with E-state index in [1.165, 1.54) is 6.42 Å². The molecule has 1 aliphatic heterocycles. The smallest absolute Gasteiger partial charge is 0.0863 e. The fraction of sp³-hybridized carbons (Fsp3) is 0.812. The van der Waals surface area contributed by atoms with Crippen LogP contribution in [0.1, 0.15) is 45.5 Å². The van der Waals surface area contributed by atoms with E-state index in [-0.39, 0.29) is 0 Å². The van der Waals surface area contributed by atoms with Crippen molar-refractivity contribution >= 4 is 11.6 Å². The summed E-state index contributed by atoms with van der Waals surface area (Å²) in [4.78, 5) is 2.55. The highest BCUT2D eigenvalue weighted by Crippen LogP contribution is 2.24. The second-order valence-electron chi connectivity index (χ2n) is 6.56. The maximum absolute atomic E-state index is 6.51. The van der Waals surface area contributed by atoms with Crippen LogP contribution >= 0.6 is 11.6 Å². The van der Waals surface area contributed by atoms with Crippen LogP contribution in [0.5, 0.6) is 0 Å². The SMILES string of the molecule is CCc1nn(C)c(CN2CC(C(C)C)NCCC2C)c1Cl. The number of nitrogens with zero attached hydrogens (tertiary/aromatic N) is 3. The number of hydrogen-bond acceptors (Lipinski definition) is 3. The van der Waals surface area contributed by atoms with Crippen molar-refractivity contribution in [2.45, 2.75) is 59.2 Å². The van der Waals surface area contributed by atoms with Crippen LogP contribution < -0.4 is 5.32 Å². The molecule has 0 spiro atoms. The van der Waals surface area contributed by atoms with E-state index in [0.29, 0.717) is 18.0 Å². The average Bonchev–Trinajstić information content (AvgIpc) is 2.60. The van der Waals surface area contributed by atoms with Gasteiger partial charge in [0.15, 0.2) is 0 Å². The molecule has 1 aromatic rings. The van der Waals surface area contributed by atoms with Gasteiger partial charge in [-0.3, -0.25) is 9.58 Å². The van der Waals surface area contributed by atoms with Crippen molar-refractivity contribution in [3.05, 3.63) is 16.4 Å². The Bertz CT molecular complexity index is 469. The molecule has 1 aromatic heterocycles. The Morgan fingerprint density at radius 1 is 1.43 bits per heavy atom. The third kappa shape index (κ3) is 3.79. The van der Waals surface area contributed by atoms with Crippen LogP contribution in [0.3, 0.4) is 0 Å². The number of halogens is 1. The second kappa shape index (κ2) is 7.12. The molecule has 4 nitrogen and oxygen atoms in total. The zero-order valence-electron chi connectivity index (χ0n) is 14.0. The highest BCUT2D eigenvalue weighted by Gasteiger charge is 2.26. The van der Waals surface area contributed by atoms with Crippen LogP contribution in [0.25, 0.3) is 0 Å². The van der Waals surface area contributed by atoms with Gasteiger partial charge in [-0.15, -0.1) is 0 Å². The Morgan fingerprint density at radius 2 is 2.14 bits per heavy atom. The van der Waals surface area contributed by atoms with Crippen molar-refractivity contribution in [3.63, 3.8) is 0 Å².